The lowest BCUT2D eigenvalue weighted by Crippen LogP contribution is -2.56. The number of alkyl halides is 3. The molecule has 0 aromatic carbocycles. The molecule has 1 heterocycles. The van der Waals surface area contributed by atoms with Crippen LogP contribution in [0.5, 0.6) is 0 Å². The van der Waals surface area contributed by atoms with E-state index < -0.39 is 12.6 Å². The first-order valence-electron chi connectivity index (χ1n) is 7.36. The second kappa shape index (κ2) is 7.48. The Labute approximate surface area is 114 Å². The molecule has 1 rings (SSSR count). The molecular weight excluding hydrogens is 253 g/mol. The number of nitrogens with one attached hydrogen (secondary N) is 1. The van der Waals surface area contributed by atoms with E-state index in [1.807, 2.05) is 0 Å². The molecule has 0 spiro atoms. The first-order chi connectivity index (χ1) is 8.81. The summed E-state index contributed by atoms with van der Waals surface area (Å²) in [6.45, 7) is 8.80. The van der Waals surface area contributed by atoms with Gasteiger partial charge in [-0.1, -0.05) is 20.8 Å². The van der Waals surface area contributed by atoms with Gasteiger partial charge in [0.1, 0.15) is 0 Å². The van der Waals surface area contributed by atoms with Crippen LogP contribution in [0.3, 0.4) is 0 Å². The van der Waals surface area contributed by atoms with Gasteiger partial charge in [0.05, 0.1) is 0 Å². The summed E-state index contributed by atoms with van der Waals surface area (Å²) in [7, 11) is 0. The van der Waals surface area contributed by atoms with Crippen molar-refractivity contribution in [3.05, 3.63) is 0 Å². The van der Waals surface area contributed by atoms with Gasteiger partial charge < -0.3 is 5.32 Å². The lowest BCUT2D eigenvalue weighted by atomic mass is 9.98. The fourth-order valence-electron chi connectivity index (χ4n) is 2.73. The summed E-state index contributed by atoms with van der Waals surface area (Å²) in [4.78, 5) is 2.26. The van der Waals surface area contributed by atoms with Gasteiger partial charge in [-0.05, 0) is 31.7 Å². The molecule has 0 aromatic rings. The highest BCUT2D eigenvalue weighted by Gasteiger charge is 2.30. The van der Waals surface area contributed by atoms with Crippen LogP contribution in [-0.2, 0) is 0 Å². The maximum absolute atomic E-state index is 12.2. The Morgan fingerprint density at radius 2 is 2.00 bits per heavy atom. The quantitative estimate of drug-likeness (QED) is 0.802. The smallest absolute Gasteiger partial charge is 0.311 e. The minimum Gasteiger partial charge on any atom is -0.311 e. The van der Waals surface area contributed by atoms with Crippen molar-refractivity contribution in [2.45, 2.75) is 64.7 Å². The van der Waals surface area contributed by atoms with Crippen molar-refractivity contribution in [1.82, 2.24) is 10.2 Å². The SMILES string of the molecule is CCC1CN(CCCC(F)(F)F)C(CC(C)C)CN1. The van der Waals surface area contributed by atoms with Gasteiger partial charge in [0, 0.05) is 31.6 Å². The van der Waals surface area contributed by atoms with Gasteiger partial charge in [0.25, 0.3) is 0 Å². The van der Waals surface area contributed by atoms with Crippen LogP contribution in [0.25, 0.3) is 0 Å². The summed E-state index contributed by atoms with van der Waals surface area (Å²) in [6.07, 6.45) is -2.39. The third-order valence-electron chi connectivity index (χ3n) is 3.76. The van der Waals surface area contributed by atoms with Crippen molar-refractivity contribution in [3.8, 4) is 0 Å². The lowest BCUT2D eigenvalue weighted by molar-refractivity contribution is -0.136. The minimum atomic E-state index is -4.02. The predicted octanol–water partition coefficient (Wildman–Crippen LogP) is 3.43. The summed E-state index contributed by atoms with van der Waals surface area (Å²) < 4.78 is 36.7. The van der Waals surface area contributed by atoms with Crippen LogP contribution in [0.1, 0.15) is 46.5 Å². The molecule has 5 heteroatoms. The molecule has 0 aliphatic carbocycles. The zero-order chi connectivity index (χ0) is 14.5. The Morgan fingerprint density at radius 1 is 1.32 bits per heavy atom. The maximum Gasteiger partial charge on any atom is 0.389 e. The van der Waals surface area contributed by atoms with Crippen LogP contribution in [-0.4, -0.2) is 42.8 Å². The molecule has 0 saturated carbocycles. The average molecular weight is 280 g/mol. The predicted molar refractivity (Wildman–Crippen MR) is 72.2 cm³/mol. The third kappa shape index (κ3) is 6.61. The molecule has 2 nitrogen and oxygen atoms in total. The van der Waals surface area contributed by atoms with Gasteiger partial charge in [0.2, 0.25) is 0 Å². The zero-order valence-corrected chi connectivity index (χ0v) is 12.3. The summed E-state index contributed by atoms with van der Waals surface area (Å²) in [5.41, 5.74) is 0. The van der Waals surface area contributed by atoms with Crippen molar-refractivity contribution in [2.75, 3.05) is 19.6 Å². The molecule has 19 heavy (non-hydrogen) atoms. The standard InChI is InChI=1S/C14H27F3N2/c1-4-12-10-19(7-5-6-14(15,16)17)13(9-18-12)8-11(2)3/h11-13,18H,4-10H2,1-3H3. The fraction of sp³-hybridized carbons (Fsp3) is 1.00. The van der Waals surface area contributed by atoms with E-state index in [1.54, 1.807) is 0 Å². The molecule has 2 atom stereocenters. The number of halogens is 3. The summed E-state index contributed by atoms with van der Waals surface area (Å²) in [5, 5.41) is 3.50. The molecule has 0 radical (unpaired) electrons. The fourth-order valence-corrected chi connectivity index (χ4v) is 2.73. The Hall–Kier alpha value is -0.290. The second-order valence-electron chi connectivity index (χ2n) is 6.01. The second-order valence-corrected chi connectivity index (χ2v) is 6.01. The highest BCUT2D eigenvalue weighted by atomic mass is 19.4. The minimum absolute atomic E-state index is 0.217. The average Bonchev–Trinajstić information content (AvgIpc) is 2.29. The molecule has 2 unspecified atom stereocenters. The van der Waals surface area contributed by atoms with E-state index >= 15 is 0 Å². The molecule has 1 saturated heterocycles. The number of hydrogen-bond acceptors (Lipinski definition) is 2. The number of rotatable bonds is 6. The summed E-state index contributed by atoms with van der Waals surface area (Å²) >= 11 is 0. The van der Waals surface area contributed by atoms with E-state index in [-0.39, 0.29) is 6.42 Å². The molecule has 1 aliphatic rings. The maximum atomic E-state index is 12.2. The largest absolute Gasteiger partial charge is 0.389 e. The molecular formula is C14H27F3N2. The highest BCUT2D eigenvalue weighted by molar-refractivity contribution is 4.86. The summed E-state index contributed by atoms with van der Waals surface area (Å²) in [6, 6.07) is 0.810. The molecule has 114 valence electrons. The molecule has 1 N–H and O–H groups in total. The topological polar surface area (TPSA) is 15.3 Å². The Balaban J connectivity index is 2.46. The van der Waals surface area contributed by atoms with Gasteiger partial charge in [-0.2, -0.15) is 13.2 Å². The summed E-state index contributed by atoms with van der Waals surface area (Å²) in [5.74, 6) is 0.579. The van der Waals surface area contributed by atoms with E-state index in [0.29, 0.717) is 24.5 Å². The molecule has 0 amide bonds. The van der Waals surface area contributed by atoms with E-state index in [1.165, 1.54) is 0 Å². The molecule has 1 aliphatic heterocycles. The van der Waals surface area contributed by atoms with Crippen LogP contribution in [0.4, 0.5) is 13.2 Å². The van der Waals surface area contributed by atoms with Gasteiger partial charge in [-0.15, -0.1) is 0 Å². The van der Waals surface area contributed by atoms with Crippen molar-refractivity contribution in [3.63, 3.8) is 0 Å². The van der Waals surface area contributed by atoms with E-state index in [4.69, 9.17) is 0 Å². The third-order valence-corrected chi connectivity index (χ3v) is 3.76. The monoisotopic (exact) mass is 280 g/mol. The van der Waals surface area contributed by atoms with Crippen LogP contribution in [0, 0.1) is 5.92 Å². The van der Waals surface area contributed by atoms with Crippen molar-refractivity contribution in [2.24, 2.45) is 5.92 Å². The number of nitrogens with zero attached hydrogens (tertiary/aromatic N) is 1. The van der Waals surface area contributed by atoms with E-state index in [0.717, 1.165) is 25.9 Å². The van der Waals surface area contributed by atoms with Crippen LogP contribution in [0.15, 0.2) is 0 Å². The van der Waals surface area contributed by atoms with Crippen molar-refractivity contribution >= 4 is 0 Å². The molecule has 0 bridgehead atoms. The lowest BCUT2D eigenvalue weighted by Gasteiger charge is -2.41. The first kappa shape index (κ1) is 16.8. The van der Waals surface area contributed by atoms with Gasteiger partial charge in [-0.3, -0.25) is 4.90 Å². The Kier molecular flexibility index (Phi) is 6.60. The van der Waals surface area contributed by atoms with Crippen LogP contribution in [0.2, 0.25) is 0 Å². The van der Waals surface area contributed by atoms with Gasteiger partial charge in [-0.25, -0.2) is 0 Å². The van der Waals surface area contributed by atoms with E-state index in [9.17, 15) is 13.2 Å². The molecule has 1 fully saturated rings. The van der Waals surface area contributed by atoms with Crippen molar-refractivity contribution in [1.29, 1.82) is 0 Å². The number of hydrogen-bond donors (Lipinski definition) is 1. The van der Waals surface area contributed by atoms with Crippen LogP contribution >= 0.6 is 0 Å². The molecule has 0 aromatic heterocycles. The Bertz CT molecular complexity index is 254. The van der Waals surface area contributed by atoms with Crippen LogP contribution < -0.4 is 5.32 Å². The Morgan fingerprint density at radius 3 is 2.53 bits per heavy atom. The number of piperazine rings is 1. The van der Waals surface area contributed by atoms with Gasteiger partial charge in [0.15, 0.2) is 0 Å². The normalized spacial score (nSPS) is 26.1. The highest BCUT2D eigenvalue weighted by Crippen LogP contribution is 2.23. The zero-order valence-electron chi connectivity index (χ0n) is 12.3. The van der Waals surface area contributed by atoms with E-state index in [2.05, 4.69) is 31.0 Å². The van der Waals surface area contributed by atoms with Gasteiger partial charge >= 0.3 is 6.18 Å². The van der Waals surface area contributed by atoms with Crippen molar-refractivity contribution < 1.29 is 13.2 Å². The first-order valence-corrected chi connectivity index (χ1v) is 7.36.